The number of rotatable bonds is 5. The van der Waals surface area contributed by atoms with E-state index in [0.717, 1.165) is 4.31 Å². The van der Waals surface area contributed by atoms with Crippen LogP contribution < -0.4 is 9.03 Å². The molecule has 0 saturated carbocycles. The van der Waals surface area contributed by atoms with Gasteiger partial charge in [0.1, 0.15) is 0 Å². The zero-order valence-electron chi connectivity index (χ0n) is 15.9. The van der Waals surface area contributed by atoms with Gasteiger partial charge in [0.05, 0.1) is 24.5 Å². The first-order valence-corrected chi connectivity index (χ1v) is 12.2. The van der Waals surface area contributed by atoms with Gasteiger partial charge in [0.25, 0.3) is 5.91 Å². The van der Waals surface area contributed by atoms with Gasteiger partial charge < -0.3 is 4.74 Å². The third-order valence-electron chi connectivity index (χ3n) is 5.07. The molecule has 0 aliphatic carbocycles. The van der Waals surface area contributed by atoms with Crippen molar-refractivity contribution in [1.29, 1.82) is 0 Å². The molecule has 29 heavy (non-hydrogen) atoms. The molecule has 2 aliphatic heterocycles. The number of carbonyl (C=O) groups excluding carboxylic acids is 2. The second kappa shape index (κ2) is 8.28. The number of methoxy groups -OCH3 is 1. The van der Waals surface area contributed by atoms with E-state index in [1.165, 1.54) is 35.7 Å². The fourth-order valence-electron chi connectivity index (χ4n) is 3.45. The number of hydrogen-bond donors (Lipinski definition) is 1. The molecular formula is C17H23N3O7S2. The highest BCUT2D eigenvalue weighted by Gasteiger charge is 2.33. The van der Waals surface area contributed by atoms with E-state index in [9.17, 15) is 26.4 Å². The predicted octanol–water partition coefficient (Wildman–Crippen LogP) is 0.0861. The lowest BCUT2D eigenvalue weighted by Crippen LogP contribution is -2.47. The van der Waals surface area contributed by atoms with Gasteiger partial charge in [-0.3, -0.25) is 13.9 Å². The average molecular weight is 446 g/mol. The maximum absolute atomic E-state index is 12.5. The van der Waals surface area contributed by atoms with Crippen molar-refractivity contribution in [3.8, 4) is 0 Å². The number of anilines is 1. The quantitative estimate of drug-likeness (QED) is 0.636. The van der Waals surface area contributed by atoms with Crippen LogP contribution in [0.25, 0.3) is 0 Å². The van der Waals surface area contributed by atoms with Crippen molar-refractivity contribution in [3.63, 3.8) is 0 Å². The Morgan fingerprint density at radius 3 is 2.24 bits per heavy atom. The molecule has 0 atom stereocenters. The summed E-state index contributed by atoms with van der Waals surface area (Å²) in [6.45, 7) is 0.589. The highest BCUT2D eigenvalue weighted by Crippen LogP contribution is 2.24. The Kier molecular flexibility index (Phi) is 6.15. The molecular weight excluding hydrogens is 422 g/mol. The maximum atomic E-state index is 12.5. The fraction of sp³-hybridized carbons (Fsp3) is 0.529. The van der Waals surface area contributed by atoms with Crippen LogP contribution in [-0.2, 0) is 29.8 Å². The van der Waals surface area contributed by atoms with Crippen LogP contribution in [0.2, 0.25) is 0 Å². The number of nitrogens with one attached hydrogen (secondary N) is 1. The monoisotopic (exact) mass is 445 g/mol. The van der Waals surface area contributed by atoms with E-state index in [0.29, 0.717) is 31.5 Å². The summed E-state index contributed by atoms with van der Waals surface area (Å²) in [5.74, 6) is -1.45. The predicted molar refractivity (Wildman–Crippen MR) is 105 cm³/mol. The first-order chi connectivity index (χ1) is 13.6. The van der Waals surface area contributed by atoms with Crippen molar-refractivity contribution in [3.05, 3.63) is 29.8 Å². The number of benzene rings is 1. The third kappa shape index (κ3) is 4.70. The number of piperidine rings is 1. The molecule has 2 aliphatic rings. The van der Waals surface area contributed by atoms with Gasteiger partial charge in [-0.2, -0.15) is 12.7 Å². The summed E-state index contributed by atoms with van der Waals surface area (Å²) in [5.41, 5.74) is 0.533. The smallest absolute Gasteiger partial charge is 0.308 e. The Morgan fingerprint density at radius 2 is 1.72 bits per heavy atom. The molecule has 2 saturated heterocycles. The Bertz CT molecular complexity index is 982. The summed E-state index contributed by atoms with van der Waals surface area (Å²) in [6, 6.07) is 5.73. The van der Waals surface area contributed by atoms with Gasteiger partial charge >= 0.3 is 16.2 Å². The van der Waals surface area contributed by atoms with E-state index in [2.05, 4.69) is 4.74 Å². The number of nitrogens with zero attached hydrogens (tertiary/aromatic N) is 2. The van der Waals surface area contributed by atoms with Gasteiger partial charge in [-0.05, 0) is 43.5 Å². The van der Waals surface area contributed by atoms with Crippen molar-refractivity contribution in [2.75, 3.05) is 36.8 Å². The summed E-state index contributed by atoms with van der Waals surface area (Å²) in [6.07, 6.45) is 1.18. The normalized spacial score (nSPS) is 20.4. The minimum absolute atomic E-state index is 0.0835. The fourth-order valence-corrected chi connectivity index (χ4v) is 6.19. The zero-order valence-corrected chi connectivity index (χ0v) is 17.5. The molecule has 3 rings (SSSR count). The molecule has 1 aromatic carbocycles. The highest BCUT2D eigenvalue weighted by atomic mass is 32.2. The summed E-state index contributed by atoms with van der Waals surface area (Å²) < 4.78 is 57.9. The van der Waals surface area contributed by atoms with Crippen molar-refractivity contribution in [2.24, 2.45) is 5.92 Å². The number of ether oxygens (including phenoxy) is 1. The van der Waals surface area contributed by atoms with Crippen LogP contribution in [0.5, 0.6) is 0 Å². The Labute approximate surface area is 170 Å². The average Bonchev–Trinajstić information content (AvgIpc) is 3.06. The van der Waals surface area contributed by atoms with Gasteiger partial charge in [-0.25, -0.2) is 13.1 Å². The van der Waals surface area contributed by atoms with Crippen LogP contribution in [0.3, 0.4) is 0 Å². The molecule has 10 nitrogen and oxygen atoms in total. The third-order valence-corrected chi connectivity index (χ3v) is 8.42. The van der Waals surface area contributed by atoms with Crippen molar-refractivity contribution in [2.45, 2.75) is 19.3 Å². The minimum Gasteiger partial charge on any atom is -0.469 e. The van der Waals surface area contributed by atoms with E-state index in [4.69, 9.17) is 0 Å². The SMILES string of the molecule is COC(=O)C1CCN(S(=O)(=O)NC(=O)c2ccc(N3CCCS3(=O)=O)cc2)CC1. The van der Waals surface area contributed by atoms with E-state index in [-0.39, 0.29) is 36.3 Å². The maximum Gasteiger partial charge on any atom is 0.308 e. The van der Waals surface area contributed by atoms with Crippen LogP contribution in [0, 0.1) is 5.92 Å². The second-order valence-corrected chi connectivity index (χ2v) is 10.6. The van der Waals surface area contributed by atoms with Gasteiger partial charge in [0, 0.05) is 25.2 Å². The van der Waals surface area contributed by atoms with Gasteiger partial charge in [0.2, 0.25) is 10.0 Å². The zero-order chi connectivity index (χ0) is 21.2. The van der Waals surface area contributed by atoms with Crippen LogP contribution >= 0.6 is 0 Å². The van der Waals surface area contributed by atoms with Gasteiger partial charge in [-0.1, -0.05) is 0 Å². The number of hydrogen-bond acceptors (Lipinski definition) is 7. The molecule has 1 N–H and O–H groups in total. The van der Waals surface area contributed by atoms with Gasteiger partial charge in [-0.15, -0.1) is 0 Å². The number of sulfonamides is 1. The standard InChI is InChI=1S/C17H23N3O7S2/c1-27-17(22)14-7-10-19(11-8-14)29(25,26)18-16(21)13-3-5-15(6-4-13)20-9-2-12-28(20,23)24/h3-6,14H,2,7-12H2,1H3,(H,18,21). The molecule has 0 aromatic heterocycles. The first-order valence-electron chi connectivity index (χ1n) is 9.14. The molecule has 0 bridgehead atoms. The lowest BCUT2D eigenvalue weighted by atomic mass is 9.99. The summed E-state index contributed by atoms with van der Waals surface area (Å²) >= 11 is 0. The molecule has 0 radical (unpaired) electrons. The number of amides is 1. The summed E-state index contributed by atoms with van der Waals surface area (Å²) in [7, 11) is -6.10. The van der Waals surface area contributed by atoms with E-state index < -0.39 is 26.1 Å². The lowest BCUT2D eigenvalue weighted by molar-refractivity contribution is -0.146. The second-order valence-electron chi connectivity index (χ2n) is 6.92. The van der Waals surface area contributed by atoms with E-state index in [1.807, 2.05) is 4.72 Å². The van der Waals surface area contributed by atoms with Crippen LogP contribution in [0.15, 0.2) is 24.3 Å². The molecule has 1 aromatic rings. The van der Waals surface area contributed by atoms with Crippen LogP contribution in [-0.4, -0.2) is 65.5 Å². The Morgan fingerprint density at radius 1 is 1.10 bits per heavy atom. The Hall–Kier alpha value is -2.18. The molecule has 1 amide bonds. The largest absolute Gasteiger partial charge is 0.469 e. The number of esters is 1. The number of carbonyl (C=O) groups is 2. The van der Waals surface area contributed by atoms with Gasteiger partial charge in [0.15, 0.2) is 0 Å². The van der Waals surface area contributed by atoms with Crippen molar-refractivity contribution < 1.29 is 31.2 Å². The molecule has 2 heterocycles. The van der Waals surface area contributed by atoms with Crippen molar-refractivity contribution in [1.82, 2.24) is 9.03 Å². The Balaban J connectivity index is 1.63. The topological polar surface area (TPSA) is 130 Å². The van der Waals surface area contributed by atoms with E-state index >= 15 is 0 Å². The molecule has 2 fully saturated rings. The summed E-state index contributed by atoms with van der Waals surface area (Å²) in [4.78, 5) is 23.9. The summed E-state index contributed by atoms with van der Waals surface area (Å²) in [5, 5.41) is 0. The first kappa shape index (κ1) is 21.5. The molecule has 0 unspecified atom stereocenters. The molecule has 12 heteroatoms. The van der Waals surface area contributed by atoms with Crippen LogP contribution in [0.4, 0.5) is 5.69 Å². The van der Waals surface area contributed by atoms with Crippen LogP contribution in [0.1, 0.15) is 29.6 Å². The van der Waals surface area contributed by atoms with E-state index in [1.54, 1.807) is 0 Å². The minimum atomic E-state index is -4.06. The lowest BCUT2D eigenvalue weighted by Gasteiger charge is -2.29. The molecule has 160 valence electrons. The molecule has 0 spiro atoms. The highest BCUT2D eigenvalue weighted by molar-refractivity contribution is 7.93. The van der Waals surface area contributed by atoms with Crippen molar-refractivity contribution >= 4 is 37.8 Å².